The Morgan fingerprint density at radius 1 is 1.07 bits per heavy atom. The van der Waals surface area contributed by atoms with Crippen LogP contribution < -0.4 is 15.0 Å². The molecule has 0 saturated carbocycles. The zero-order chi connectivity index (χ0) is 19.1. The van der Waals surface area contributed by atoms with Crippen LogP contribution in [0.1, 0.15) is 16.8 Å². The maximum Gasteiger partial charge on any atom is 0.251 e. The fraction of sp³-hybridized carbons (Fsp3) is 0.381. The van der Waals surface area contributed by atoms with Crippen molar-refractivity contribution in [2.45, 2.75) is 6.42 Å². The summed E-state index contributed by atoms with van der Waals surface area (Å²) in [6.45, 7) is 5.66. The summed E-state index contributed by atoms with van der Waals surface area (Å²) in [6, 6.07) is 15.1. The molecule has 0 aromatic heterocycles. The lowest BCUT2D eigenvalue weighted by Crippen LogP contribution is -2.47. The molecular weight excluding hydrogens is 362 g/mol. The van der Waals surface area contributed by atoms with Crippen molar-refractivity contribution in [1.82, 2.24) is 10.2 Å². The number of ether oxygens (including phenoxy) is 1. The molecule has 0 radical (unpaired) electrons. The molecule has 0 unspecified atom stereocenters. The minimum atomic E-state index is -0.0485. The molecule has 1 heterocycles. The second-order valence-corrected chi connectivity index (χ2v) is 7.05. The van der Waals surface area contributed by atoms with Gasteiger partial charge in [0.05, 0.1) is 12.8 Å². The molecule has 1 amide bonds. The topological polar surface area (TPSA) is 44.8 Å². The van der Waals surface area contributed by atoms with Crippen molar-refractivity contribution in [1.29, 1.82) is 0 Å². The van der Waals surface area contributed by atoms with Crippen LogP contribution in [0.15, 0.2) is 48.5 Å². The predicted molar refractivity (Wildman–Crippen MR) is 110 cm³/mol. The van der Waals surface area contributed by atoms with Crippen molar-refractivity contribution in [3.05, 3.63) is 59.1 Å². The van der Waals surface area contributed by atoms with Crippen LogP contribution in [0.4, 0.5) is 5.69 Å². The zero-order valence-electron chi connectivity index (χ0n) is 15.7. The van der Waals surface area contributed by atoms with Gasteiger partial charge in [-0.1, -0.05) is 23.7 Å². The number of hydrogen-bond acceptors (Lipinski definition) is 4. The SMILES string of the molecule is COc1ccccc1N1CCN(CCCNC(=O)c2ccc(Cl)cc2)CC1. The minimum absolute atomic E-state index is 0.0485. The number of carbonyl (C=O) groups is 1. The minimum Gasteiger partial charge on any atom is -0.495 e. The Labute approximate surface area is 165 Å². The van der Waals surface area contributed by atoms with Gasteiger partial charge in [-0.25, -0.2) is 0 Å². The number of benzene rings is 2. The number of nitrogens with zero attached hydrogens (tertiary/aromatic N) is 2. The second-order valence-electron chi connectivity index (χ2n) is 6.62. The highest BCUT2D eigenvalue weighted by Crippen LogP contribution is 2.28. The van der Waals surface area contributed by atoms with Crippen LogP contribution in [0, 0.1) is 0 Å². The summed E-state index contributed by atoms with van der Waals surface area (Å²) in [5, 5.41) is 3.61. The third-order valence-electron chi connectivity index (χ3n) is 4.84. The Bertz CT molecular complexity index is 743. The Hall–Kier alpha value is -2.24. The third kappa shape index (κ3) is 5.37. The lowest BCUT2D eigenvalue weighted by molar-refractivity contribution is 0.0951. The predicted octanol–water partition coefficient (Wildman–Crippen LogP) is 3.29. The smallest absolute Gasteiger partial charge is 0.251 e. The summed E-state index contributed by atoms with van der Waals surface area (Å²) in [5.74, 6) is 0.878. The molecule has 6 heteroatoms. The largest absolute Gasteiger partial charge is 0.495 e. The molecule has 0 spiro atoms. The van der Waals surface area contributed by atoms with Crippen LogP contribution in [0.3, 0.4) is 0 Å². The highest BCUT2D eigenvalue weighted by Gasteiger charge is 2.19. The standard InChI is InChI=1S/C21H26ClN3O2/c1-27-20-6-3-2-5-19(20)25-15-13-24(14-16-25)12-4-11-23-21(26)17-7-9-18(22)10-8-17/h2-3,5-10H,4,11-16H2,1H3,(H,23,26). The normalized spacial score (nSPS) is 14.8. The fourth-order valence-electron chi connectivity index (χ4n) is 3.31. The molecule has 1 N–H and O–H groups in total. The molecule has 2 aromatic carbocycles. The molecule has 144 valence electrons. The average molecular weight is 388 g/mol. The number of nitrogens with one attached hydrogen (secondary N) is 1. The molecular formula is C21H26ClN3O2. The number of amides is 1. The first-order chi connectivity index (χ1) is 13.2. The van der Waals surface area contributed by atoms with Crippen LogP contribution in [0.5, 0.6) is 5.75 Å². The van der Waals surface area contributed by atoms with Gasteiger partial charge in [0.25, 0.3) is 5.91 Å². The quantitative estimate of drug-likeness (QED) is 0.740. The van der Waals surface area contributed by atoms with Gasteiger partial charge < -0.3 is 15.0 Å². The first-order valence-electron chi connectivity index (χ1n) is 9.31. The molecule has 1 aliphatic rings. The fourth-order valence-corrected chi connectivity index (χ4v) is 3.44. The van der Waals surface area contributed by atoms with E-state index in [1.54, 1.807) is 31.4 Å². The number of hydrogen-bond donors (Lipinski definition) is 1. The van der Waals surface area contributed by atoms with E-state index in [-0.39, 0.29) is 5.91 Å². The van der Waals surface area contributed by atoms with Gasteiger partial charge in [0, 0.05) is 43.3 Å². The Balaban J connectivity index is 1.37. The number of anilines is 1. The van der Waals surface area contributed by atoms with E-state index in [4.69, 9.17) is 16.3 Å². The lowest BCUT2D eigenvalue weighted by atomic mass is 10.2. The maximum absolute atomic E-state index is 12.1. The number of para-hydroxylation sites is 2. The van der Waals surface area contributed by atoms with Crippen LogP contribution in [-0.2, 0) is 0 Å². The Kier molecular flexibility index (Phi) is 6.96. The number of methoxy groups -OCH3 is 1. The van der Waals surface area contributed by atoms with Crippen molar-refractivity contribution in [2.75, 3.05) is 51.3 Å². The number of rotatable bonds is 7. The van der Waals surface area contributed by atoms with Gasteiger partial charge in [-0.05, 0) is 49.4 Å². The summed E-state index contributed by atoms with van der Waals surface area (Å²) in [4.78, 5) is 16.9. The number of piperazine rings is 1. The van der Waals surface area contributed by atoms with Crippen LogP contribution in [0.2, 0.25) is 5.02 Å². The lowest BCUT2D eigenvalue weighted by Gasteiger charge is -2.36. The third-order valence-corrected chi connectivity index (χ3v) is 5.09. The van der Waals surface area contributed by atoms with E-state index in [0.29, 0.717) is 17.1 Å². The molecule has 1 saturated heterocycles. The van der Waals surface area contributed by atoms with Gasteiger partial charge in [0.15, 0.2) is 0 Å². The number of halogens is 1. The Morgan fingerprint density at radius 2 is 1.78 bits per heavy atom. The first-order valence-corrected chi connectivity index (χ1v) is 9.69. The summed E-state index contributed by atoms with van der Waals surface area (Å²) >= 11 is 5.85. The molecule has 5 nitrogen and oxygen atoms in total. The molecule has 2 aromatic rings. The number of carbonyl (C=O) groups excluding carboxylic acids is 1. The van der Waals surface area contributed by atoms with E-state index >= 15 is 0 Å². The highest BCUT2D eigenvalue weighted by molar-refractivity contribution is 6.30. The van der Waals surface area contributed by atoms with E-state index in [1.165, 1.54) is 0 Å². The molecule has 27 heavy (non-hydrogen) atoms. The van der Waals surface area contributed by atoms with E-state index in [9.17, 15) is 4.79 Å². The van der Waals surface area contributed by atoms with Gasteiger partial charge in [0.2, 0.25) is 0 Å². The zero-order valence-corrected chi connectivity index (χ0v) is 16.4. The van der Waals surface area contributed by atoms with E-state index in [1.807, 2.05) is 18.2 Å². The van der Waals surface area contributed by atoms with E-state index in [0.717, 1.165) is 50.6 Å². The van der Waals surface area contributed by atoms with Crippen molar-refractivity contribution in [3.63, 3.8) is 0 Å². The summed E-state index contributed by atoms with van der Waals surface area (Å²) < 4.78 is 5.47. The van der Waals surface area contributed by atoms with Gasteiger partial charge >= 0.3 is 0 Å². The summed E-state index contributed by atoms with van der Waals surface area (Å²) in [7, 11) is 1.72. The summed E-state index contributed by atoms with van der Waals surface area (Å²) in [6.07, 6.45) is 0.938. The second kappa shape index (κ2) is 9.62. The molecule has 3 rings (SSSR count). The average Bonchev–Trinajstić information content (AvgIpc) is 2.72. The highest BCUT2D eigenvalue weighted by atomic mass is 35.5. The van der Waals surface area contributed by atoms with Crippen molar-refractivity contribution >= 4 is 23.2 Å². The van der Waals surface area contributed by atoms with Gasteiger partial charge in [-0.15, -0.1) is 0 Å². The van der Waals surface area contributed by atoms with E-state index in [2.05, 4.69) is 21.2 Å². The van der Waals surface area contributed by atoms with Crippen LogP contribution >= 0.6 is 11.6 Å². The van der Waals surface area contributed by atoms with Crippen LogP contribution in [0.25, 0.3) is 0 Å². The van der Waals surface area contributed by atoms with Crippen LogP contribution in [-0.4, -0.2) is 57.2 Å². The first kappa shape index (κ1) is 19.5. The Morgan fingerprint density at radius 3 is 2.48 bits per heavy atom. The van der Waals surface area contributed by atoms with E-state index < -0.39 is 0 Å². The monoisotopic (exact) mass is 387 g/mol. The molecule has 0 bridgehead atoms. The molecule has 1 fully saturated rings. The molecule has 0 aliphatic carbocycles. The van der Waals surface area contributed by atoms with Crippen molar-refractivity contribution in [2.24, 2.45) is 0 Å². The summed E-state index contributed by atoms with van der Waals surface area (Å²) in [5.41, 5.74) is 1.81. The van der Waals surface area contributed by atoms with Gasteiger partial charge in [-0.3, -0.25) is 9.69 Å². The van der Waals surface area contributed by atoms with Crippen molar-refractivity contribution < 1.29 is 9.53 Å². The van der Waals surface area contributed by atoms with Gasteiger partial charge in [0.1, 0.15) is 5.75 Å². The molecule has 0 atom stereocenters. The van der Waals surface area contributed by atoms with Gasteiger partial charge in [-0.2, -0.15) is 0 Å². The maximum atomic E-state index is 12.1. The molecule has 1 aliphatic heterocycles. The van der Waals surface area contributed by atoms with Crippen molar-refractivity contribution in [3.8, 4) is 5.75 Å².